The molecule has 104 valence electrons. The fourth-order valence-corrected chi connectivity index (χ4v) is 5.48. The summed E-state index contributed by atoms with van der Waals surface area (Å²) in [5.41, 5.74) is 6.27. The normalized spacial score (nSPS) is 39.9. The Labute approximate surface area is 113 Å². The lowest BCUT2D eigenvalue weighted by molar-refractivity contribution is -0.0597. The predicted octanol–water partition coefficient (Wildman–Crippen LogP) is 1.74. The molecule has 0 amide bonds. The van der Waals surface area contributed by atoms with Crippen LogP contribution in [-0.4, -0.2) is 20.2 Å². The molecule has 1 heterocycles. The average molecular weight is 261 g/mol. The average Bonchev–Trinajstić information content (AvgIpc) is 2.82. The van der Waals surface area contributed by atoms with Gasteiger partial charge >= 0.3 is 0 Å². The van der Waals surface area contributed by atoms with Crippen LogP contribution >= 0.6 is 0 Å². The van der Waals surface area contributed by atoms with Crippen molar-refractivity contribution in [3.8, 4) is 0 Å². The summed E-state index contributed by atoms with van der Waals surface area (Å²) in [6.45, 7) is 1.39. The molecule has 4 fully saturated rings. The van der Waals surface area contributed by atoms with Gasteiger partial charge in [0.25, 0.3) is 0 Å². The van der Waals surface area contributed by atoms with Gasteiger partial charge in [-0.15, -0.1) is 5.10 Å². The highest BCUT2D eigenvalue weighted by Crippen LogP contribution is 2.61. The van der Waals surface area contributed by atoms with E-state index in [1.165, 1.54) is 44.9 Å². The van der Waals surface area contributed by atoms with Gasteiger partial charge in [0, 0.05) is 6.54 Å². The van der Waals surface area contributed by atoms with E-state index in [1.807, 2.05) is 4.68 Å². The summed E-state index contributed by atoms with van der Waals surface area (Å²) in [6.07, 6.45) is 10.2. The van der Waals surface area contributed by atoms with E-state index in [0.717, 1.165) is 30.1 Å². The lowest BCUT2D eigenvalue weighted by atomic mass is 9.49. The Morgan fingerprint density at radius 2 is 1.74 bits per heavy atom. The van der Waals surface area contributed by atoms with E-state index < -0.39 is 0 Å². The molecule has 5 nitrogen and oxygen atoms in total. The second-order valence-electron chi connectivity index (χ2n) is 7.19. The van der Waals surface area contributed by atoms with Crippen molar-refractivity contribution in [2.45, 2.75) is 58.0 Å². The van der Waals surface area contributed by atoms with E-state index in [0.29, 0.717) is 12.0 Å². The van der Waals surface area contributed by atoms with Gasteiger partial charge in [0.1, 0.15) is 0 Å². The number of tetrazole rings is 1. The first-order chi connectivity index (χ1) is 9.26. The van der Waals surface area contributed by atoms with Crippen LogP contribution in [0.25, 0.3) is 0 Å². The van der Waals surface area contributed by atoms with E-state index in [1.54, 1.807) is 0 Å². The molecule has 4 bridgehead atoms. The summed E-state index contributed by atoms with van der Waals surface area (Å²) >= 11 is 0. The maximum absolute atomic E-state index is 5.67. The van der Waals surface area contributed by atoms with Gasteiger partial charge in [-0.05, 0) is 78.5 Å². The molecule has 4 aliphatic rings. The van der Waals surface area contributed by atoms with Crippen LogP contribution < -0.4 is 5.73 Å². The monoisotopic (exact) mass is 261 g/mol. The Bertz CT molecular complexity index is 431. The van der Waals surface area contributed by atoms with Gasteiger partial charge in [0.15, 0.2) is 5.82 Å². The second kappa shape index (κ2) is 4.27. The summed E-state index contributed by atoms with van der Waals surface area (Å²) in [4.78, 5) is 0. The van der Waals surface area contributed by atoms with Gasteiger partial charge in [-0.25, -0.2) is 4.68 Å². The Hall–Kier alpha value is -0.970. The Morgan fingerprint density at radius 3 is 2.32 bits per heavy atom. The standard InChI is InChI=1S/C14H23N5/c15-9-13-16-17-18-19(13)2-1-14-6-10-3-11(7-14)5-12(4-10)8-14/h10-12H,1-9,15H2. The van der Waals surface area contributed by atoms with Crippen molar-refractivity contribution in [1.29, 1.82) is 0 Å². The third kappa shape index (κ3) is 1.98. The minimum Gasteiger partial charge on any atom is -0.324 e. The Morgan fingerprint density at radius 1 is 1.11 bits per heavy atom. The van der Waals surface area contributed by atoms with Gasteiger partial charge in [0.05, 0.1) is 6.54 Å². The van der Waals surface area contributed by atoms with Crippen molar-refractivity contribution >= 4 is 0 Å². The molecule has 19 heavy (non-hydrogen) atoms. The highest BCUT2D eigenvalue weighted by molar-refractivity contribution is 5.01. The number of nitrogens with zero attached hydrogens (tertiary/aromatic N) is 4. The maximum Gasteiger partial charge on any atom is 0.164 e. The quantitative estimate of drug-likeness (QED) is 0.896. The molecule has 0 aliphatic heterocycles. The van der Waals surface area contributed by atoms with Crippen LogP contribution in [-0.2, 0) is 13.1 Å². The van der Waals surface area contributed by atoms with Crippen molar-refractivity contribution in [1.82, 2.24) is 20.2 Å². The molecule has 0 unspecified atom stereocenters. The molecule has 1 aromatic rings. The van der Waals surface area contributed by atoms with Gasteiger partial charge in [-0.3, -0.25) is 0 Å². The number of hydrogen-bond donors (Lipinski definition) is 1. The van der Waals surface area contributed by atoms with E-state index in [-0.39, 0.29) is 0 Å². The van der Waals surface area contributed by atoms with E-state index in [2.05, 4.69) is 15.5 Å². The first kappa shape index (κ1) is 11.8. The highest BCUT2D eigenvalue weighted by atomic mass is 15.5. The van der Waals surface area contributed by atoms with Crippen LogP contribution in [0.2, 0.25) is 0 Å². The van der Waals surface area contributed by atoms with E-state index in [9.17, 15) is 0 Å². The minimum absolute atomic E-state index is 0.438. The zero-order valence-corrected chi connectivity index (χ0v) is 11.5. The summed E-state index contributed by atoms with van der Waals surface area (Å²) < 4.78 is 1.92. The number of rotatable bonds is 4. The molecule has 5 heteroatoms. The lowest BCUT2D eigenvalue weighted by Crippen LogP contribution is -2.46. The van der Waals surface area contributed by atoms with Crippen LogP contribution in [0.15, 0.2) is 0 Å². The van der Waals surface area contributed by atoms with Crippen molar-refractivity contribution in [2.24, 2.45) is 28.9 Å². The fourth-order valence-electron chi connectivity index (χ4n) is 5.48. The molecule has 4 saturated carbocycles. The first-order valence-electron chi connectivity index (χ1n) is 7.71. The molecular weight excluding hydrogens is 238 g/mol. The summed E-state index contributed by atoms with van der Waals surface area (Å²) in [7, 11) is 0. The third-order valence-electron chi connectivity index (χ3n) is 5.81. The Kier molecular flexibility index (Phi) is 2.65. The minimum atomic E-state index is 0.438. The van der Waals surface area contributed by atoms with Crippen molar-refractivity contribution in [2.75, 3.05) is 0 Å². The third-order valence-corrected chi connectivity index (χ3v) is 5.81. The number of aromatic nitrogens is 4. The van der Waals surface area contributed by atoms with E-state index in [4.69, 9.17) is 5.73 Å². The number of hydrogen-bond acceptors (Lipinski definition) is 4. The predicted molar refractivity (Wildman–Crippen MR) is 70.9 cm³/mol. The molecule has 0 saturated heterocycles. The summed E-state index contributed by atoms with van der Waals surface area (Å²) in [5.74, 6) is 3.89. The fraction of sp³-hybridized carbons (Fsp3) is 0.929. The smallest absolute Gasteiger partial charge is 0.164 e. The molecule has 4 aliphatic carbocycles. The van der Waals surface area contributed by atoms with Crippen LogP contribution in [0.1, 0.15) is 50.8 Å². The van der Waals surface area contributed by atoms with Crippen molar-refractivity contribution in [3.63, 3.8) is 0 Å². The van der Waals surface area contributed by atoms with Gasteiger partial charge in [0.2, 0.25) is 0 Å². The Balaban J connectivity index is 1.48. The maximum atomic E-state index is 5.67. The zero-order valence-electron chi connectivity index (χ0n) is 11.5. The first-order valence-corrected chi connectivity index (χ1v) is 7.71. The van der Waals surface area contributed by atoms with E-state index >= 15 is 0 Å². The second-order valence-corrected chi connectivity index (χ2v) is 7.19. The molecule has 0 spiro atoms. The number of nitrogens with two attached hydrogens (primary N) is 1. The van der Waals surface area contributed by atoms with Gasteiger partial charge < -0.3 is 5.73 Å². The molecule has 5 rings (SSSR count). The number of aryl methyl sites for hydroxylation is 1. The molecule has 0 radical (unpaired) electrons. The van der Waals surface area contributed by atoms with Crippen LogP contribution in [0.4, 0.5) is 0 Å². The van der Waals surface area contributed by atoms with Crippen LogP contribution in [0, 0.1) is 23.2 Å². The topological polar surface area (TPSA) is 69.6 Å². The highest BCUT2D eigenvalue weighted by Gasteiger charge is 2.50. The lowest BCUT2D eigenvalue weighted by Gasteiger charge is -2.57. The SMILES string of the molecule is NCc1nnnn1CCC12CC3CC(CC(C3)C1)C2. The summed E-state index contributed by atoms with van der Waals surface area (Å²) in [5, 5.41) is 11.8. The largest absolute Gasteiger partial charge is 0.324 e. The zero-order chi connectivity index (χ0) is 12.9. The van der Waals surface area contributed by atoms with Gasteiger partial charge in [-0.1, -0.05) is 0 Å². The molecule has 0 aromatic carbocycles. The molecule has 0 atom stereocenters. The van der Waals surface area contributed by atoms with Crippen molar-refractivity contribution < 1.29 is 0 Å². The van der Waals surface area contributed by atoms with Crippen LogP contribution in [0.3, 0.4) is 0 Å². The van der Waals surface area contributed by atoms with Gasteiger partial charge in [-0.2, -0.15) is 0 Å². The molecular formula is C14H23N5. The summed E-state index contributed by atoms with van der Waals surface area (Å²) in [6, 6.07) is 0. The molecule has 2 N–H and O–H groups in total. The van der Waals surface area contributed by atoms with Crippen molar-refractivity contribution in [3.05, 3.63) is 5.82 Å². The van der Waals surface area contributed by atoms with Crippen LogP contribution in [0.5, 0.6) is 0 Å². The molecule has 1 aromatic heterocycles.